The van der Waals surface area contributed by atoms with Crippen LogP contribution >= 0.6 is 0 Å². The van der Waals surface area contributed by atoms with Gasteiger partial charge in [0, 0.05) is 12.1 Å². The van der Waals surface area contributed by atoms with E-state index in [0.717, 1.165) is 44.6 Å². The van der Waals surface area contributed by atoms with Gasteiger partial charge in [0.2, 0.25) is 0 Å². The second kappa shape index (κ2) is 7.56. The molecule has 0 aromatic heterocycles. The highest BCUT2D eigenvalue weighted by atomic mass is 32.2. The third-order valence-electron chi connectivity index (χ3n) is 5.46. The molecule has 8 heteroatoms. The molecule has 1 aliphatic heterocycles. The van der Waals surface area contributed by atoms with Crippen molar-refractivity contribution >= 4 is 19.7 Å². The van der Waals surface area contributed by atoms with Crippen molar-refractivity contribution < 1.29 is 21.2 Å². The van der Waals surface area contributed by atoms with Gasteiger partial charge in [-0.15, -0.1) is 0 Å². The number of benzene rings is 1. The quantitative estimate of drug-likeness (QED) is 0.617. The van der Waals surface area contributed by atoms with Crippen molar-refractivity contribution in [1.82, 2.24) is 5.32 Å². The molecule has 1 aromatic rings. The molecule has 0 spiro atoms. The number of hydrogen-bond donors (Lipinski definition) is 1. The molecule has 1 aliphatic carbocycles. The lowest BCUT2D eigenvalue weighted by atomic mass is 10.1. The average molecular weight is 404 g/mol. The summed E-state index contributed by atoms with van der Waals surface area (Å²) in [7, 11) is -7.30. The molecular weight excluding hydrogens is 377 g/mol. The first-order valence-corrected chi connectivity index (χ1v) is 12.5. The molecule has 5 nitrogen and oxygen atoms in total. The highest BCUT2D eigenvalue weighted by Gasteiger charge is 2.46. The largest absolute Gasteiger partial charge is 0.309 e. The molecule has 1 N–H and O–H groups in total. The van der Waals surface area contributed by atoms with E-state index in [0.29, 0.717) is 0 Å². The van der Waals surface area contributed by atoms with Crippen molar-refractivity contribution in [1.29, 1.82) is 0 Å². The summed E-state index contributed by atoms with van der Waals surface area (Å²) in [6.45, 7) is 1.50. The molecule has 1 heterocycles. The van der Waals surface area contributed by atoms with Gasteiger partial charge in [-0.2, -0.15) is 0 Å². The third kappa shape index (κ3) is 4.28. The van der Waals surface area contributed by atoms with Crippen molar-refractivity contribution in [3.63, 3.8) is 0 Å². The molecule has 1 saturated carbocycles. The van der Waals surface area contributed by atoms with E-state index in [-0.39, 0.29) is 28.0 Å². The first-order chi connectivity index (χ1) is 12.2. The Kier molecular flexibility index (Phi) is 5.75. The van der Waals surface area contributed by atoms with Gasteiger partial charge in [-0.3, -0.25) is 0 Å². The second-order valence-corrected chi connectivity index (χ2v) is 11.9. The number of halogens is 1. The van der Waals surface area contributed by atoms with Gasteiger partial charge in [0.05, 0.1) is 21.7 Å². The van der Waals surface area contributed by atoms with Crippen LogP contribution in [0, 0.1) is 12.7 Å². The van der Waals surface area contributed by atoms with E-state index in [4.69, 9.17) is 0 Å². The number of sulfone groups is 2. The van der Waals surface area contributed by atoms with Gasteiger partial charge in [-0.25, -0.2) is 21.2 Å². The maximum Gasteiger partial charge on any atom is 0.183 e. The van der Waals surface area contributed by atoms with E-state index in [9.17, 15) is 21.2 Å². The molecule has 26 heavy (non-hydrogen) atoms. The fraction of sp³-hybridized carbons (Fsp3) is 0.667. The molecule has 0 unspecified atom stereocenters. The lowest BCUT2D eigenvalue weighted by Crippen LogP contribution is -2.47. The summed E-state index contributed by atoms with van der Waals surface area (Å²) in [4.78, 5) is -0.00818. The average Bonchev–Trinajstić information content (AvgIpc) is 2.73. The Morgan fingerprint density at radius 3 is 2.35 bits per heavy atom. The molecule has 3 rings (SSSR count). The molecule has 1 saturated heterocycles. The fourth-order valence-electron chi connectivity index (χ4n) is 3.99. The van der Waals surface area contributed by atoms with Crippen molar-refractivity contribution in [2.75, 3.05) is 11.5 Å². The summed E-state index contributed by atoms with van der Waals surface area (Å²) in [5, 5.41) is 2.31. The Hall–Kier alpha value is -0.990. The van der Waals surface area contributed by atoms with Gasteiger partial charge >= 0.3 is 0 Å². The van der Waals surface area contributed by atoms with Gasteiger partial charge in [0.1, 0.15) is 5.82 Å². The zero-order valence-corrected chi connectivity index (χ0v) is 16.6. The van der Waals surface area contributed by atoms with Crippen molar-refractivity contribution in [2.24, 2.45) is 0 Å². The van der Waals surface area contributed by atoms with E-state index in [2.05, 4.69) is 5.32 Å². The van der Waals surface area contributed by atoms with Crippen LogP contribution in [0.1, 0.15) is 44.1 Å². The van der Waals surface area contributed by atoms with Crippen LogP contribution in [0.15, 0.2) is 23.1 Å². The fourth-order valence-corrected chi connectivity index (χ4v) is 8.76. The van der Waals surface area contributed by atoms with Gasteiger partial charge < -0.3 is 5.32 Å². The first-order valence-electron chi connectivity index (χ1n) is 9.15. The first kappa shape index (κ1) is 19.8. The van der Waals surface area contributed by atoms with E-state index < -0.39 is 36.8 Å². The zero-order chi connectivity index (χ0) is 18.9. The molecule has 0 bridgehead atoms. The highest BCUT2D eigenvalue weighted by Crippen LogP contribution is 2.28. The van der Waals surface area contributed by atoms with Crippen LogP contribution in [0.3, 0.4) is 0 Å². The normalized spacial score (nSPS) is 27.3. The Labute approximate surface area is 155 Å². The molecular formula is C18H26FNO4S2. The predicted octanol–water partition coefficient (Wildman–Crippen LogP) is 2.39. The summed E-state index contributed by atoms with van der Waals surface area (Å²) in [5.41, 5.74) is 0.236. The summed E-state index contributed by atoms with van der Waals surface area (Å²) >= 11 is 0. The highest BCUT2D eigenvalue weighted by molar-refractivity contribution is 7.96. The van der Waals surface area contributed by atoms with Crippen LogP contribution in [0.25, 0.3) is 0 Å². The lowest BCUT2D eigenvalue weighted by molar-refractivity contribution is 0.408. The van der Waals surface area contributed by atoms with Gasteiger partial charge in [-0.1, -0.05) is 25.7 Å². The van der Waals surface area contributed by atoms with Crippen molar-refractivity contribution in [3.8, 4) is 0 Å². The Morgan fingerprint density at radius 1 is 1.08 bits per heavy atom. The molecule has 0 radical (unpaired) electrons. The van der Waals surface area contributed by atoms with Crippen molar-refractivity contribution in [3.05, 3.63) is 29.6 Å². The molecule has 2 atom stereocenters. The minimum Gasteiger partial charge on any atom is -0.309 e. The predicted molar refractivity (Wildman–Crippen MR) is 99.2 cm³/mol. The summed E-state index contributed by atoms with van der Waals surface area (Å²) in [6.07, 6.45) is 6.37. The summed E-state index contributed by atoms with van der Waals surface area (Å²) < 4.78 is 64.1. The number of nitrogens with one attached hydrogen (secondary N) is 1. The maximum absolute atomic E-state index is 13.5. The van der Waals surface area contributed by atoms with Gasteiger partial charge in [-0.05, 0) is 43.5 Å². The number of rotatable bonds is 4. The van der Waals surface area contributed by atoms with Gasteiger partial charge in [0.25, 0.3) is 0 Å². The molecule has 2 aliphatic rings. The van der Waals surface area contributed by atoms with Crippen molar-refractivity contribution in [2.45, 2.75) is 67.7 Å². The van der Waals surface area contributed by atoms with Gasteiger partial charge in [0.15, 0.2) is 19.7 Å². The Balaban J connectivity index is 1.87. The van der Waals surface area contributed by atoms with E-state index in [1.807, 2.05) is 0 Å². The third-order valence-corrected chi connectivity index (χ3v) is 9.61. The molecule has 1 aromatic carbocycles. The molecule has 146 valence electrons. The SMILES string of the molecule is Cc1cc(S(=O)(=O)[C@H]2CS(=O)(=O)C[C@@H]2NC2CCCCCC2)ccc1F. The van der Waals surface area contributed by atoms with Crippen LogP contribution in [0.4, 0.5) is 4.39 Å². The summed E-state index contributed by atoms with van der Waals surface area (Å²) in [5.74, 6) is -1.01. The minimum absolute atomic E-state index is 0.00818. The number of aryl methyl sites for hydroxylation is 1. The monoisotopic (exact) mass is 403 g/mol. The maximum atomic E-state index is 13.5. The van der Waals surface area contributed by atoms with E-state index >= 15 is 0 Å². The smallest absolute Gasteiger partial charge is 0.183 e. The minimum atomic E-state index is -3.87. The lowest BCUT2D eigenvalue weighted by Gasteiger charge is -2.25. The summed E-state index contributed by atoms with van der Waals surface area (Å²) in [6, 6.07) is 3.19. The van der Waals surface area contributed by atoms with E-state index in [1.165, 1.54) is 19.1 Å². The van der Waals surface area contributed by atoms with Crippen LogP contribution in [-0.2, 0) is 19.7 Å². The van der Waals surface area contributed by atoms with Crippen LogP contribution < -0.4 is 5.32 Å². The molecule has 0 amide bonds. The van der Waals surface area contributed by atoms with Crippen LogP contribution in [0.5, 0.6) is 0 Å². The topological polar surface area (TPSA) is 80.3 Å². The number of hydrogen-bond acceptors (Lipinski definition) is 5. The van der Waals surface area contributed by atoms with Crippen LogP contribution in [0.2, 0.25) is 0 Å². The zero-order valence-electron chi connectivity index (χ0n) is 14.9. The molecule has 2 fully saturated rings. The Morgan fingerprint density at radius 2 is 1.73 bits per heavy atom. The Bertz CT molecular complexity index is 859. The second-order valence-electron chi connectivity index (χ2n) is 7.53. The van der Waals surface area contributed by atoms with Crippen LogP contribution in [-0.4, -0.2) is 45.7 Å². The van der Waals surface area contributed by atoms with E-state index in [1.54, 1.807) is 0 Å². The standard InChI is InChI=1S/C18H26FNO4S2/c1-13-10-15(8-9-16(13)19)26(23,24)18-12-25(21,22)11-17(18)20-14-6-4-2-3-5-7-14/h8-10,14,17-18,20H,2-7,11-12H2,1H3/t17-,18-/m0/s1.